The van der Waals surface area contributed by atoms with Crippen molar-refractivity contribution in [1.29, 1.82) is 0 Å². The van der Waals surface area contributed by atoms with Crippen LogP contribution in [-0.4, -0.2) is 60.3 Å². The van der Waals surface area contributed by atoms with Gasteiger partial charge in [0.1, 0.15) is 5.75 Å². The van der Waals surface area contributed by atoms with Crippen LogP contribution < -0.4 is 20.1 Å². The number of urea groups is 1. The summed E-state index contributed by atoms with van der Waals surface area (Å²) in [5, 5.41) is 5.29. The van der Waals surface area contributed by atoms with Crippen LogP contribution in [0.15, 0.2) is 18.2 Å². The molecule has 0 spiro atoms. The van der Waals surface area contributed by atoms with E-state index in [-0.39, 0.29) is 11.8 Å². The number of rotatable bonds is 6. The molecule has 9 nitrogen and oxygen atoms in total. The molecule has 0 aliphatic carbocycles. The van der Waals surface area contributed by atoms with Crippen molar-refractivity contribution in [2.24, 2.45) is 0 Å². The molecule has 1 fully saturated rings. The lowest BCUT2D eigenvalue weighted by Gasteiger charge is -2.23. The minimum atomic E-state index is -3.47. The normalized spacial score (nSPS) is 17.8. The third-order valence-electron chi connectivity index (χ3n) is 3.13. The second-order valence-electron chi connectivity index (χ2n) is 5.19. The third kappa shape index (κ3) is 5.87. The summed E-state index contributed by atoms with van der Waals surface area (Å²) >= 11 is 0. The molecule has 1 atom stereocenters. The first kappa shape index (κ1) is 18.3. The number of carbonyl (C=O) groups is 1. The van der Waals surface area contributed by atoms with E-state index in [1.165, 1.54) is 13.2 Å². The maximum atomic E-state index is 11.9. The standard InChI is InChI=1S/C14H21N3O6S/c1-21-13-4-3-10(7-12(13)17-24(2,19)20)16-14(18)15-8-11-9-22-5-6-23-11/h3-4,7,11,17H,5-6,8-9H2,1-2H3,(H2,15,16,18). The number of benzene rings is 1. The summed E-state index contributed by atoms with van der Waals surface area (Å²) in [6, 6.07) is 4.20. The van der Waals surface area contributed by atoms with Crippen LogP contribution in [0.5, 0.6) is 5.75 Å². The van der Waals surface area contributed by atoms with Gasteiger partial charge in [-0.25, -0.2) is 13.2 Å². The van der Waals surface area contributed by atoms with Gasteiger partial charge in [-0.05, 0) is 18.2 Å². The van der Waals surface area contributed by atoms with E-state index in [1.807, 2.05) is 0 Å². The predicted octanol–water partition coefficient (Wildman–Crippen LogP) is 0.604. The van der Waals surface area contributed by atoms with Crippen molar-refractivity contribution in [1.82, 2.24) is 5.32 Å². The van der Waals surface area contributed by atoms with E-state index in [0.29, 0.717) is 37.8 Å². The second-order valence-corrected chi connectivity index (χ2v) is 6.94. The zero-order valence-electron chi connectivity index (χ0n) is 13.5. The van der Waals surface area contributed by atoms with Gasteiger partial charge in [-0.15, -0.1) is 0 Å². The zero-order valence-corrected chi connectivity index (χ0v) is 14.3. The average molecular weight is 359 g/mol. The molecule has 0 radical (unpaired) electrons. The maximum absolute atomic E-state index is 11.9. The number of nitrogens with one attached hydrogen (secondary N) is 3. The van der Waals surface area contributed by atoms with Gasteiger partial charge in [0.2, 0.25) is 10.0 Å². The van der Waals surface area contributed by atoms with E-state index in [2.05, 4.69) is 15.4 Å². The van der Waals surface area contributed by atoms with Gasteiger partial charge in [-0.3, -0.25) is 4.72 Å². The molecule has 2 amide bonds. The number of amides is 2. The first-order valence-corrected chi connectivity index (χ1v) is 9.16. The molecule has 1 saturated heterocycles. The minimum absolute atomic E-state index is 0.178. The van der Waals surface area contributed by atoms with Crippen LogP contribution in [0.1, 0.15) is 0 Å². The Morgan fingerprint density at radius 3 is 2.79 bits per heavy atom. The number of hydrogen-bond acceptors (Lipinski definition) is 6. The van der Waals surface area contributed by atoms with Crippen LogP contribution >= 0.6 is 0 Å². The van der Waals surface area contributed by atoms with Crippen molar-refractivity contribution in [3.8, 4) is 5.75 Å². The topological polar surface area (TPSA) is 115 Å². The fraction of sp³-hybridized carbons (Fsp3) is 0.500. The van der Waals surface area contributed by atoms with Crippen molar-refractivity contribution in [3.05, 3.63) is 18.2 Å². The Bertz CT molecular complexity index is 673. The fourth-order valence-corrected chi connectivity index (χ4v) is 2.66. The highest BCUT2D eigenvalue weighted by Crippen LogP contribution is 2.28. The summed E-state index contributed by atoms with van der Waals surface area (Å²) in [6.07, 6.45) is 0.855. The molecule has 10 heteroatoms. The summed E-state index contributed by atoms with van der Waals surface area (Å²) < 4.78 is 40.9. The van der Waals surface area contributed by atoms with Crippen LogP contribution in [-0.2, 0) is 19.5 Å². The second kappa shape index (κ2) is 8.18. The van der Waals surface area contributed by atoms with E-state index in [4.69, 9.17) is 14.2 Å². The molecule has 1 heterocycles. The summed E-state index contributed by atoms with van der Waals surface area (Å²) in [5.41, 5.74) is 0.655. The average Bonchev–Trinajstić information content (AvgIpc) is 2.53. The number of anilines is 2. The Balaban J connectivity index is 1.95. The van der Waals surface area contributed by atoms with Crippen LogP contribution in [0.3, 0.4) is 0 Å². The molecule has 134 valence electrons. The molecule has 2 rings (SSSR count). The van der Waals surface area contributed by atoms with Crippen molar-refractivity contribution >= 4 is 27.4 Å². The van der Waals surface area contributed by atoms with Gasteiger partial charge >= 0.3 is 6.03 Å². The van der Waals surface area contributed by atoms with Gasteiger partial charge in [0.25, 0.3) is 0 Å². The lowest BCUT2D eigenvalue weighted by molar-refractivity contribution is -0.0852. The number of sulfonamides is 1. The van der Waals surface area contributed by atoms with Crippen molar-refractivity contribution in [2.75, 3.05) is 49.8 Å². The summed E-state index contributed by atoms with van der Waals surface area (Å²) in [6.45, 7) is 1.82. The van der Waals surface area contributed by atoms with E-state index in [0.717, 1.165) is 6.26 Å². The maximum Gasteiger partial charge on any atom is 0.319 e. The van der Waals surface area contributed by atoms with E-state index >= 15 is 0 Å². The van der Waals surface area contributed by atoms with Crippen molar-refractivity contribution in [3.63, 3.8) is 0 Å². The number of hydrogen-bond donors (Lipinski definition) is 3. The minimum Gasteiger partial charge on any atom is -0.495 e. The van der Waals surface area contributed by atoms with Gasteiger partial charge in [0.05, 0.1) is 45.0 Å². The summed E-state index contributed by atoms with van der Waals surface area (Å²) in [5.74, 6) is 0.346. The van der Waals surface area contributed by atoms with Crippen LogP contribution in [0.25, 0.3) is 0 Å². The highest BCUT2D eigenvalue weighted by molar-refractivity contribution is 7.92. The number of ether oxygens (including phenoxy) is 3. The molecular weight excluding hydrogens is 338 g/mol. The Hall–Kier alpha value is -2.04. The monoisotopic (exact) mass is 359 g/mol. The number of carbonyl (C=O) groups excluding carboxylic acids is 1. The molecule has 24 heavy (non-hydrogen) atoms. The predicted molar refractivity (Wildman–Crippen MR) is 89.0 cm³/mol. The lowest BCUT2D eigenvalue weighted by atomic mass is 10.2. The number of methoxy groups -OCH3 is 1. The first-order chi connectivity index (χ1) is 11.4. The SMILES string of the molecule is COc1ccc(NC(=O)NCC2COCCO2)cc1NS(C)(=O)=O. The highest BCUT2D eigenvalue weighted by Gasteiger charge is 2.15. The molecule has 1 unspecified atom stereocenters. The van der Waals surface area contributed by atoms with Gasteiger partial charge < -0.3 is 24.8 Å². The summed E-state index contributed by atoms with van der Waals surface area (Å²) in [4.78, 5) is 11.9. The molecule has 1 aliphatic heterocycles. The molecule has 0 aromatic heterocycles. The molecule has 3 N–H and O–H groups in total. The van der Waals surface area contributed by atoms with Gasteiger partial charge in [-0.1, -0.05) is 0 Å². The van der Waals surface area contributed by atoms with Crippen LogP contribution in [0.4, 0.5) is 16.2 Å². The fourth-order valence-electron chi connectivity index (χ4n) is 2.10. The molecule has 0 bridgehead atoms. The van der Waals surface area contributed by atoms with Crippen molar-refractivity contribution in [2.45, 2.75) is 6.10 Å². The zero-order chi connectivity index (χ0) is 17.6. The smallest absolute Gasteiger partial charge is 0.319 e. The highest BCUT2D eigenvalue weighted by atomic mass is 32.2. The Labute approximate surface area is 140 Å². The van der Waals surface area contributed by atoms with Crippen LogP contribution in [0, 0.1) is 0 Å². The molecule has 1 aromatic carbocycles. The van der Waals surface area contributed by atoms with Crippen molar-refractivity contribution < 1.29 is 27.4 Å². The third-order valence-corrected chi connectivity index (χ3v) is 3.72. The lowest BCUT2D eigenvalue weighted by Crippen LogP contribution is -2.41. The molecular formula is C14H21N3O6S. The Morgan fingerprint density at radius 2 is 2.17 bits per heavy atom. The quantitative estimate of drug-likeness (QED) is 0.685. The first-order valence-electron chi connectivity index (χ1n) is 7.27. The molecule has 1 aromatic rings. The largest absolute Gasteiger partial charge is 0.495 e. The van der Waals surface area contributed by atoms with Gasteiger partial charge in [-0.2, -0.15) is 0 Å². The van der Waals surface area contributed by atoms with E-state index in [9.17, 15) is 13.2 Å². The Kier molecular flexibility index (Phi) is 6.23. The summed E-state index contributed by atoms with van der Waals surface area (Å²) in [7, 11) is -2.04. The van der Waals surface area contributed by atoms with Crippen LogP contribution in [0.2, 0.25) is 0 Å². The van der Waals surface area contributed by atoms with Gasteiger partial charge in [0.15, 0.2) is 0 Å². The van der Waals surface area contributed by atoms with E-state index < -0.39 is 16.1 Å². The van der Waals surface area contributed by atoms with Gasteiger partial charge in [0, 0.05) is 12.2 Å². The molecule has 1 aliphatic rings. The molecule has 0 saturated carbocycles. The van der Waals surface area contributed by atoms with E-state index in [1.54, 1.807) is 12.1 Å². The Morgan fingerprint density at radius 1 is 1.38 bits per heavy atom.